The van der Waals surface area contributed by atoms with E-state index in [9.17, 15) is 0 Å². The molecule has 2 aliphatic heterocycles. The summed E-state index contributed by atoms with van der Waals surface area (Å²) in [6.07, 6.45) is 4.30. The normalized spacial score (nSPS) is 14.6. The predicted octanol–water partition coefficient (Wildman–Crippen LogP) is 10.3. The van der Waals surface area contributed by atoms with Crippen molar-refractivity contribution in [1.29, 1.82) is 0 Å². The molecule has 0 saturated heterocycles. The van der Waals surface area contributed by atoms with Gasteiger partial charge in [0.25, 0.3) is 0 Å². The molecular formula is C46H31N3O. The fraction of sp³-hybridized carbons (Fsp3) is 0.0435. The average molecular weight is 642 g/mol. The largest absolute Gasteiger partial charge is 0.457 e. The molecule has 0 saturated carbocycles. The van der Waals surface area contributed by atoms with Gasteiger partial charge in [0.05, 0.1) is 22.5 Å². The number of para-hydroxylation sites is 1. The smallest absolute Gasteiger partial charge is 0.162 e. The zero-order chi connectivity index (χ0) is 33.1. The van der Waals surface area contributed by atoms with Crippen LogP contribution in [0.25, 0.3) is 44.9 Å². The van der Waals surface area contributed by atoms with Gasteiger partial charge in [0.1, 0.15) is 11.5 Å². The van der Waals surface area contributed by atoms with E-state index in [1.54, 1.807) is 0 Å². The first kappa shape index (κ1) is 28.5. The molecule has 1 spiro atoms. The number of nitrogens with zero attached hydrogens (tertiary/aromatic N) is 2. The molecule has 3 heterocycles. The molecule has 0 bridgehead atoms. The van der Waals surface area contributed by atoms with Crippen LogP contribution in [0.5, 0.6) is 11.5 Å². The third-order valence-corrected chi connectivity index (χ3v) is 10.2. The Morgan fingerprint density at radius 2 is 1.06 bits per heavy atom. The van der Waals surface area contributed by atoms with Crippen molar-refractivity contribution in [3.63, 3.8) is 0 Å². The summed E-state index contributed by atoms with van der Waals surface area (Å²) in [5, 5.41) is 3.72. The van der Waals surface area contributed by atoms with E-state index in [-0.39, 0.29) is 0 Å². The molecule has 0 atom stereocenters. The standard InChI is InChI=1S/C46H31N3O/c1-3-14-30(15-4-1)40-29-41(31-16-5-2-6-17-31)49-45(48-40)35-20-13-27-47-44(35)32-25-26-43-39(28-32)46(38-23-11-12-24-42(38)50-43)36-21-9-7-18-33(36)34-19-8-10-22-37(34)46/h1-26,28-29,47H,27H2. The van der Waals surface area contributed by atoms with E-state index in [1.165, 1.54) is 22.3 Å². The highest BCUT2D eigenvalue weighted by molar-refractivity contribution is 5.96. The molecule has 50 heavy (non-hydrogen) atoms. The Morgan fingerprint density at radius 1 is 0.500 bits per heavy atom. The molecule has 0 fully saturated rings. The van der Waals surface area contributed by atoms with Gasteiger partial charge >= 0.3 is 0 Å². The first-order valence-electron chi connectivity index (χ1n) is 17.1. The highest BCUT2D eigenvalue weighted by Crippen LogP contribution is 2.62. The highest BCUT2D eigenvalue weighted by atomic mass is 16.5. The van der Waals surface area contributed by atoms with Crippen LogP contribution in [0.3, 0.4) is 0 Å². The van der Waals surface area contributed by atoms with Crippen molar-refractivity contribution in [2.75, 3.05) is 6.54 Å². The molecule has 0 unspecified atom stereocenters. The van der Waals surface area contributed by atoms with Crippen molar-refractivity contribution < 1.29 is 4.74 Å². The summed E-state index contributed by atoms with van der Waals surface area (Å²) in [7, 11) is 0. The molecule has 236 valence electrons. The Bertz CT molecular complexity index is 2410. The number of ether oxygens (including phenoxy) is 1. The van der Waals surface area contributed by atoms with Gasteiger partial charge in [-0.1, -0.05) is 140 Å². The Labute approximate surface area is 291 Å². The van der Waals surface area contributed by atoms with Gasteiger partial charge in [-0.15, -0.1) is 0 Å². The lowest BCUT2D eigenvalue weighted by Crippen LogP contribution is -2.32. The molecule has 4 heteroatoms. The molecular weight excluding hydrogens is 611 g/mol. The van der Waals surface area contributed by atoms with Crippen molar-refractivity contribution in [2.24, 2.45) is 0 Å². The van der Waals surface area contributed by atoms with Crippen molar-refractivity contribution >= 4 is 11.3 Å². The number of allylic oxidation sites excluding steroid dienone is 2. The van der Waals surface area contributed by atoms with Crippen LogP contribution < -0.4 is 10.1 Å². The fourth-order valence-corrected chi connectivity index (χ4v) is 8.05. The second kappa shape index (κ2) is 11.3. The number of aromatic nitrogens is 2. The molecule has 10 rings (SSSR count). The molecule has 3 aliphatic rings. The summed E-state index contributed by atoms with van der Waals surface area (Å²) >= 11 is 0. The van der Waals surface area contributed by atoms with Crippen molar-refractivity contribution in [3.8, 4) is 45.1 Å². The zero-order valence-electron chi connectivity index (χ0n) is 27.2. The van der Waals surface area contributed by atoms with Crippen LogP contribution in [0.2, 0.25) is 0 Å². The Balaban J connectivity index is 1.22. The number of nitrogens with one attached hydrogen (secondary N) is 1. The maximum absolute atomic E-state index is 6.70. The third kappa shape index (κ3) is 4.25. The van der Waals surface area contributed by atoms with Crippen LogP contribution in [0.1, 0.15) is 33.6 Å². The third-order valence-electron chi connectivity index (χ3n) is 10.2. The Morgan fingerprint density at radius 3 is 1.72 bits per heavy atom. The van der Waals surface area contributed by atoms with E-state index in [1.807, 2.05) is 12.1 Å². The molecule has 1 aromatic heterocycles. The molecule has 7 aromatic rings. The SMILES string of the molecule is C1=CC(c2nc(-c3ccccc3)cc(-c3ccccc3)n2)=C(c2ccc3c(c2)C2(c4ccccc4O3)c3ccccc3-c3ccccc32)NC1. The highest BCUT2D eigenvalue weighted by Gasteiger charge is 2.51. The summed E-state index contributed by atoms with van der Waals surface area (Å²) in [6.45, 7) is 0.704. The average Bonchev–Trinajstić information content (AvgIpc) is 3.49. The van der Waals surface area contributed by atoms with Crippen molar-refractivity contribution in [1.82, 2.24) is 15.3 Å². The summed E-state index contributed by atoms with van der Waals surface area (Å²) < 4.78 is 6.70. The monoisotopic (exact) mass is 641 g/mol. The number of hydrogen-bond donors (Lipinski definition) is 1. The van der Waals surface area contributed by atoms with Crippen LogP contribution in [-0.4, -0.2) is 16.5 Å². The van der Waals surface area contributed by atoms with Gasteiger partial charge in [-0.05, 0) is 58.1 Å². The minimum Gasteiger partial charge on any atom is -0.457 e. The fourth-order valence-electron chi connectivity index (χ4n) is 8.05. The first-order chi connectivity index (χ1) is 24.8. The summed E-state index contributed by atoms with van der Waals surface area (Å²) in [4.78, 5) is 10.4. The first-order valence-corrected chi connectivity index (χ1v) is 17.1. The lowest BCUT2D eigenvalue weighted by Gasteiger charge is -2.39. The van der Waals surface area contributed by atoms with Crippen LogP contribution in [-0.2, 0) is 5.41 Å². The second-order valence-electron chi connectivity index (χ2n) is 12.9. The maximum atomic E-state index is 6.70. The molecule has 0 amide bonds. The quantitative estimate of drug-likeness (QED) is 0.208. The van der Waals surface area contributed by atoms with Crippen LogP contribution in [0, 0.1) is 0 Å². The van der Waals surface area contributed by atoms with Gasteiger partial charge in [0.2, 0.25) is 0 Å². The second-order valence-corrected chi connectivity index (χ2v) is 12.9. The number of hydrogen-bond acceptors (Lipinski definition) is 4. The molecule has 1 aliphatic carbocycles. The minimum absolute atomic E-state index is 0.539. The topological polar surface area (TPSA) is 47.0 Å². The van der Waals surface area contributed by atoms with Crippen LogP contribution in [0.15, 0.2) is 170 Å². The van der Waals surface area contributed by atoms with E-state index < -0.39 is 5.41 Å². The lowest BCUT2D eigenvalue weighted by molar-refractivity contribution is 0.436. The van der Waals surface area contributed by atoms with Gasteiger partial charge in [-0.2, -0.15) is 0 Å². The van der Waals surface area contributed by atoms with E-state index in [4.69, 9.17) is 14.7 Å². The molecule has 6 aromatic carbocycles. The van der Waals surface area contributed by atoms with Gasteiger partial charge in [0.15, 0.2) is 5.82 Å². The zero-order valence-corrected chi connectivity index (χ0v) is 27.2. The Kier molecular flexibility index (Phi) is 6.43. The molecule has 0 radical (unpaired) electrons. The maximum Gasteiger partial charge on any atom is 0.162 e. The number of rotatable bonds is 4. The lowest BCUT2D eigenvalue weighted by atomic mass is 9.66. The van der Waals surface area contributed by atoms with Gasteiger partial charge in [-0.3, -0.25) is 0 Å². The number of dihydropyridines is 1. The Hall–Kier alpha value is -6.52. The summed E-state index contributed by atoms with van der Waals surface area (Å²) in [5.41, 5.74) is 13.7. The van der Waals surface area contributed by atoms with E-state index in [0.29, 0.717) is 12.4 Å². The summed E-state index contributed by atoms with van der Waals surface area (Å²) in [6, 6.07) is 55.5. The van der Waals surface area contributed by atoms with Gasteiger partial charge in [0, 0.05) is 34.4 Å². The van der Waals surface area contributed by atoms with E-state index in [0.717, 1.165) is 62.0 Å². The van der Waals surface area contributed by atoms with Crippen molar-refractivity contribution in [3.05, 3.63) is 204 Å². The minimum atomic E-state index is -0.539. The van der Waals surface area contributed by atoms with Crippen LogP contribution >= 0.6 is 0 Å². The van der Waals surface area contributed by atoms with E-state index in [2.05, 4.69) is 163 Å². The van der Waals surface area contributed by atoms with E-state index >= 15 is 0 Å². The molecule has 4 nitrogen and oxygen atoms in total. The van der Waals surface area contributed by atoms with Crippen LogP contribution in [0.4, 0.5) is 0 Å². The molecule has 1 N–H and O–H groups in total. The summed E-state index contributed by atoms with van der Waals surface area (Å²) in [5.74, 6) is 2.42. The predicted molar refractivity (Wildman–Crippen MR) is 201 cm³/mol. The number of fused-ring (bicyclic) bond motifs is 9. The number of benzene rings is 6. The van der Waals surface area contributed by atoms with Crippen molar-refractivity contribution in [2.45, 2.75) is 5.41 Å². The van der Waals surface area contributed by atoms with Gasteiger partial charge < -0.3 is 10.1 Å². The van der Waals surface area contributed by atoms with Gasteiger partial charge in [-0.25, -0.2) is 9.97 Å².